The average Bonchev–Trinajstić information content (AvgIpc) is 2.79. The van der Waals surface area contributed by atoms with Gasteiger partial charge in [-0.1, -0.05) is 118 Å². The molecule has 0 bridgehead atoms. The summed E-state index contributed by atoms with van der Waals surface area (Å²) >= 11 is 0. The van der Waals surface area contributed by atoms with Gasteiger partial charge in [-0.2, -0.15) is 0 Å². The van der Waals surface area contributed by atoms with E-state index in [1.54, 1.807) is 0 Å². The van der Waals surface area contributed by atoms with Crippen molar-refractivity contribution in [3.05, 3.63) is 23.3 Å². The van der Waals surface area contributed by atoms with Gasteiger partial charge in [-0.15, -0.1) is 0 Å². The lowest BCUT2D eigenvalue weighted by molar-refractivity contribution is 0.425. The fourth-order valence-corrected chi connectivity index (χ4v) is 5.12. The molecule has 0 aliphatic carbocycles. The van der Waals surface area contributed by atoms with Crippen LogP contribution in [0.1, 0.15) is 166 Å². The Bertz CT molecular complexity index is 529. The molecule has 1 rings (SSSR count). The molecule has 0 aliphatic rings. The highest BCUT2D eigenvalue weighted by atomic mass is 16.3. The van der Waals surface area contributed by atoms with E-state index in [4.69, 9.17) is 0 Å². The predicted octanol–water partition coefficient (Wildman–Crippen LogP) is 10.4. The Labute approximate surface area is 200 Å². The molecule has 2 atom stereocenters. The van der Waals surface area contributed by atoms with Crippen LogP contribution in [0.2, 0.25) is 0 Å². The Morgan fingerprint density at radius 3 is 1.12 bits per heavy atom. The number of aromatic hydroxyl groups is 2. The van der Waals surface area contributed by atoms with Crippen LogP contribution in [0.5, 0.6) is 11.5 Å². The van der Waals surface area contributed by atoms with Gasteiger partial charge in [0.1, 0.15) is 11.5 Å². The third-order valence-electron chi connectivity index (χ3n) is 7.35. The molecule has 186 valence electrons. The van der Waals surface area contributed by atoms with E-state index >= 15 is 0 Å². The zero-order chi connectivity index (χ0) is 23.6. The highest BCUT2D eigenvalue weighted by molar-refractivity contribution is 5.48. The largest absolute Gasteiger partial charge is 0.508 e. The maximum Gasteiger partial charge on any atom is 0.119 e. The summed E-state index contributed by atoms with van der Waals surface area (Å²) in [5.74, 6) is 1.47. The quantitative estimate of drug-likeness (QED) is 0.154. The summed E-state index contributed by atoms with van der Waals surface area (Å²) in [4.78, 5) is 0. The Balaban J connectivity index is 2.58. The summed E-state index contributed by atoms with van der Waals surface area (Å²) in [6, 6.07) is 3.76. The van der Waals surface area contributed by atoms with Crippen LogP contribution in [0.4, 0.5) is 0 Å². The van der Waals surface area contributed by atoms with Crippen LogP contribution in [-0.2, 0) is 0 Å². The Morgan fingerprint density at radius 1 is 0.500 bits per heavy atom. The highest BCUT2D eigenvalue weighted by Crippen LogP contribution is 2.41. The molecule has 0 fully saturated rings. The number of phenols is 2. The summed E-state index contributed by atoms with van der Waals surface area (Å²) in [6.45, 7) is 8.92. The second-order valence-corrected chi connectivity index (χ2v) is 10.0. The summed E-state index contributed by atoms with van der Waals surface area (Å²) in [5, 5.41) is 21.7. The molecular weight excluding hydrogens is 392 g/mol. The molecule has 2 nitrogen and oxygen atoms in total. The molecule has 2 unspecified atom stereocenters. The van der Waals surface area contributed by atoms with Crippen molar-refractivity contribution in [2.75, 3.05) is 0 Å². The number of unbranched alkanes of at least 4 members (excludes halogenated alkanes) is 12. The van der Waals surface area contributed by atoms with E-state index in [2.05, 4.69) is 27.7 Å². The van der Waals surface area contributed by atoms with Crippen LogP contribution in [0.3, 0.4) is 0 Å². The van der Waals surface area contributed by atoms with Gasteiger partial charge in [-0.3, -0.25) is 0 Å². The van der Waals surface area contributed by atoms with Gasteiger partial charge in [-0.05, 0) is 49.7 Å². The molecule has 0 radical (unpaired) electrons. The van der Waals surface area contributed by atoms with E-state index in [-0.39, 0.29) is 0 Å². The van der Waals surface area contributed by atoms with E-state index in [0.29, 0.717) is 23.3 Å². The first-order valence-corrected chi connectivity index (χ1v) is 14.1. The predicted molar refractivity (Wildman–Crippen MR) is 141 cm³/mol. The van der Waals surface area contributed by atoms with Crippen molar-refractivity contribution in [3.8, 4) is 11.5 Å². The van der Waals surface area contributed by atoms with Crippen LogP contribution in [-0.4, -0.2) is 10.2 Å². The fraction of sp³-hybridized carbons (Fsp3) is 0.800. The summed E-state index contributed by atoms with van der Waals surface area (Å²) in [6.07, 6.45) is 22.6. The first-order chi connectivity index (χ1) is 15.6. The van der Waals surface area contributed by atoms with Gasteiger partial charge in [0.15, 0.2) is 0 Å². The molecule has 0 aromatic heterocycles. The van der Waals surface area contributed by atoms with Crippen molar-refractivity contribution in [3.63, 3.8) is 0 Å². The number of phenolic OH excluding ortho intramolecular Hbond substituents is 2. The monoisotopic (exact) mass is 446 g/mol. The molecule has 1 aromatic carbocycles. The van der Waals surface area contributed by atoms with Crippen LogP contribution in [0.25, 0.3) is 0 Å². The van der Waals surface area contributed by atoms with Gasteiger partial charge in [0.05, 0.1) is 0 Å². The van der Waals surface area contributed by atoms with Crippen molar-refractivity contribution in [2.45, 2.75) is 155 Å². The third-order valence-corrected chi connectivity index (χ3v) is 7.35. The molecule has 0 aliphatic heterocycles. The molecule has 0 amide bonds. The van der Waals surface area contributed by atoms with Gasteiger partial charge in [-0.25, -0.2) is 0 Å². The van der Waals surface area contributed by atoms with E-state index in [9.17, 15) is 10.2 Å². The van der Waals surface area contributed by atoms with Crippen molar-refractivity contribution < 1.29 is 10.2 Å². The van der Waals surface area contributed by atoms with Crippen molar-refractivity contribution in [2.24, 2.45) is 0 Å². The van der Waals surface area contributed by atoms with Crippen molar-refractivity contribution in [1.29, 1.82) is 0 Å². The SMILES string of the molecule is CCCCCCCCCC(CC)c1cc(O)c(C(CC)CCCCCCCCC)cc1O. The Kier molecular flexibility index (Phi) is 16.5. The summed E-state index contributed by atoms with van der Waals surface area (Å²) in [7, 11) is 0. The molecule has 2 N–H and O–H groups in total. The Hall–Kier alpha value is -1.18. The minimum absolute atomic E-state index is 0.341. The number of hydrogen-bond acceptors (Lipinski definition) is 2. The minimum atomic E-state index is 0.341. The maximum absolute atomic E-state index is 10.8. The second kappa shape index (κ2) is 18.3. The molecule has 0 saturated carbocycles. The summed E-state index contributed by atoms with van der Waals surface area (Å²) < 4.78 is 0. The zero-order valence-electron chi connectivity index (χ0n) is 21.9. The first kappa shape index (κ1) is 28.9. The van der Waals surface area contributed by atoms with Gasteiger partial charge in [0.25, 0.3) is 0 Å². The van der Waals surface area contributed by atoms with Gasteiger partial charge < -0.3 is 10.2 Å². The van der Waals surface area contributed by atoms with Crippen molar-refractivity contribution in [1.82, 2.24) is 0 Å². The standard InChI is InChI=1S/C30H54O2/c1-5-9-11-13-15-17-19-21-25(7-3)27-23-30(32)28(24-29(27)31)26(8-4)22-20-18-16-14-12-10-6-2/h23-26,31-32H,5-22H2,1-4H3. The number of benzene rings is 1. The first-order valence-electron chi connectivity index (χ1n) is 14.1. The van der Waals surface area contributed by atoms with Gasteiger partial charge >= 0.3 is 0 Å². The minimum Gasteiger partial charge on any atom is -0.508 e. The van der Waals surface area contributed by atoms with Crippen LogP contribution >= 0.6 is 0 Å². The normalized spacial score (nSPS) is 13.4. The molecule has 2 heteroatoms. The van der Waals surface area contributed by atoms with Crippen LogP contribution in [0.15, 0.2) is 12.1 Å². The smallest absolute Gasteiger partial charge is 0.119 e. The van der Waals surface area contributed by atoms with Crippen molar-refractivity contribution >= 4 is 0 Å². The van der Waals surface area contributed by atoms with Gasteiger partial charge in [0.2, 0.25) is 0 Å². The molecular formula is C30H54O2. The van der Waals surface area contributed by atoms with Crippen LogP contribution in [0, 0.1) is 0 Å². The summed E-state index contributed by atoms with van der Waals surface area (Å²) in [5.41, 5.74) is 1.90. The molecule has 0 spiro atoms. The lowest BCUT2D eigenvalue weighted by Gasteiger charge is -2.22. The second-order valence-electron chi connectivity index (χ2n) is 10.0. The molecule has 0 saturated heterocycles. The molecule has 32 heavy (non-hydrogen) atoms. The Morgan fingerprint density at radius 2 is 0.812 bits per heavy atom. The highest BCUT2D eigenvalue weighted by Gasteiger charge is 2.20. The topological polar surface area (TPSA) is 40.5 Å². The fourth-order valence-electron chi connectivity index (χ4n) is 5.12. The lowest BCUT2D eigenvalue weighted by Crippen LogP contribution is -2.03. The molecule has 1 aromatic rings. The number of hydrogen-bond donors (Lipinski definition) is 2. The van der Waals surface area contributed by atoms with E-state index in [1.807, 2.05) is 12.1 Å². The molecule has 0 heterocycles. The van der Waals surface area contributed by atoms with E-state index in [0.717, 1.165) is 36.8 Å². The zero-order valence-corrected chi connectivity index (χ0v) is 21.9. The average molecular weight is 447 g/mol. The third kappa shape index (κ3) is 11.1. The van der Waals surface area contributed by atoms with E-state index < -0.39 is 0 Å². The van der Waals surface area contributed by atoms with Crippen LogP contribution < -0.4 is 0 Å². The number of rotatable bonds is 20. The maximum atomic E-state index is 10.8. The van der Waals surface area contributed by atoms with E-state index in [1.165, 1.54) is 89.9 Å². The lowest BCUT2D eigenvalue weighted by atomic mass is 9.85. The van der Waals surface area contributed by atoms with Gasteiger partial charge in [0, 0.05) is 11.1 Å².